The van der Waals surface area contributed by atoms with E-state index in [-0.39, 0.29) is 17.1 Å². The Morgan fingerprint density at radius 2 is 2.00 bits per heavy atom. The van der Waals surface area contributed by atoms with E-state index in [2.05, 4.69) is 10.1 Å². The molecule has 0 aliphatic heterocycles. The van der Waals surface area contributed by atoms with Crippen LogP contribution in [0.1, 0.15) is 17.3 Å². The normalized spacial score (nSPS) is 11.5. The van der Waals surface area contributed by atoms with Gasteiger partial charge in [0.15, 0.2) is 11.5 Å². The van der Waals surface area contributed by atoms with E-state index < -0.39 is 17.9 Å². The second-order valence-electron chi connectivity index (χ2n) is 3.57. The number of nitrogens with one attached hydrogen (secondary N) is 1. The molecule has 6 nitrogen and oxygen atoms in total. The number of ether oxygens (including phenoxy) is 2. The molecule has 0 heterocycles. The van der Waals surface area contributed by atoms with Crippen LogP contribution in [0.4, 0.5) is 0 Å². The zero-order chi connectivity index (χ0) is 13.7. The highest BCUT2D eigenvalue weighted by atomic mass is 16.5. The monoisotopic (exact) mass is 253 g/mol. The van der Waals surface area contributed by atoms with Crippen LogP contribution in [0.15, 0.2) is 18.2 Å². The van der Waals surface area contributed by atoms with Gasteiger partial charge in [0.2, 0.25) is 0 Å². The summed E-state index contributed by atoms with van der Waals surface area (Å²) in [6.45, 7) is 1.49. The van der Waals surface area contributed by atoms with Crippen LogP contribution in [0.2, 0.25) is 0 Å². The zero-order valence-electron chi connectivity index (χ0n) is 10.4. The van der Waals surface area contributed by atoms with Crippen LogP contribution in [0, 0.1) is 0 Å². The van der Waals surface area contributed by atoms with Crippen LogP contribution in [0.3, 0.4) is 0 Å². The maximum atomic E-state index is 11.8. The number of rotatable bonds is 4. The van der Waals surface area contributed by atoms with Crippen molar-refractivity contribution >= 4 is 11.9 Å². The van der Waals surface area contributed by atoms with Crippen molar-refractivity contribution in [2.75, 3.05) is 14.2 Å². The molecule has 0 radical (unpaired) electrons. The molecule has 1 unspecified atom stereocenters. The van der Waals surface area contributed by atoms with Gasteiger partial charge in [0.1, 0.15) is 6.04 Å². The third-order valence-corrected chi connectivity index (χ3v) is 2.37. The Hall–Kier alpha value is -2.24. The summed E-state index contributed by atoms with van der Waals surface area (Å²) in [4.78, 5) is 23.0. The summed E-state index contributed by atoms with van der Waals surface area (Å²) in [6.07, 6.45) is 0. The average molecular weight is 253 g/mol. The number of hydrogen-bond acceptors (Lipinski definition) is 5. The molecular formula is C12H15NO5. The van der Waals surface area contributed by atoms with Crippen LogP contribution < -0.4 is 10.1 Å². The number of benzene rings is 1. The molecule has 0 aliphatic rings. The molecule has 0 bridgehead atoms. The summed E-state index contributed by atoms with van der Waals surface area (Å²) in [7, 11) is 2.61. The molecule has 98 valence electrons. The van der Waals surface area contributed by atoms with Gasteiger partial charge in [0.25, 0.3) is 5.91 Å². The van der Waals surface area contributed by atoms with Gasteiger partial charge >= 0.3 is 5.97 Å². The highest BCUT2D eigenvalue weighted by Crippen LogP contribution is 2.29. The molecule has 1 amide bonds. The molecule has 0 fully saturated rings. The van der Waals surface area contributed by atoms with Gasteiger partial charge in [-0.05, 0) is 19.1 Å². The summed E-state index contributed by atoms with van der Waals surface area (Å²) in [5.74, 6) is -1.22. The van der Waals surface area contributed by atoms with Gasteiger partial charge < -0.3 is 19.9 Å². The molecule has 1 rings (SSSR count). The Kier molecular flexibility index (Phi) is 4.53. The van der Waals surface area contributed by atoms with Crippen molar-refractivity contribution in [1.29, 1.82) is 0 Å². The van der Waals surface area contributed by atoms with Gasteiger partial charge in [-0.2, -0.15) is 0 Å². The standard InChI is InChI=1S/C12H15NO5/c1-7(12(16)18-3)13-11(15)8-5-4-6-9(17-2)10(8)14/h4-7,14H,1-3H3,(H,13,15). The highest BCUT2D eigenvalue weighted by molar-refractivity contribution is 5.99. The number of methoxy groups -OCH3 is 2. The third kappa shape index (κ3) is 2.91. The van der Waals surface area contributed by atoms with Crippen LogP contribution in [-0.2, 0) is 9.53 Å². The van der Waals surface area contributed by atoms with E-state index >= 15 is 0 Å². The van der Waals surface area contributed by atoms with Gasteiger partial charge in [-0.25, -0.2) is 4.79 Å². The fourth-order valence-corrected chi connectivity index (χ4v) is 1.38. The van der Waals surface area contributed by atoms with E-state index in [0.717, 1.165) is 0 Å². The molecule has 1 aromatic carbocycles. The first-order chi connectivity index (χ1) is 8.51. The second kappa shape index (κ2) is 5.90. The first kappa shape index (κ1) is 13.8. The molecule has 0 saturated heterocycles. The first-order valence-corrected chi connectivity index (χ1v) is 5.26. The number of amides is 1. The van der Waals surface area contributed by atoms with Gasteiger partial charge in [-0.1, -0.05) is 6.07 Å². The number of para-hydroxylation sites is 1. The number of carbonyl (C=O) groups is 2. The molecule has 0 spiro atoms. The quantitative estimate of drug-likeness (QED) is 0.771. The van der Waals surface area contributed by atoms with Gasteiger partial charge in [0.05, 0.1) is 19.8 Å². The average Bonchev–Trinajstić information content (AvgIpc) is 2.37. The summed E-state index contributed by atoms with van der Waals surface area (Å²) in [6, 6.07) is 3.72. The Morgan fingerprint density at radius 3 is 2.56 bits per heavy atom. The van der Waals surface area contributed by atoms with Gasteiger partial charge in [0, 0.05) is 0 Å². The van der Waals surface area contributed by atoms with Crippen molar-refractivity contribution in [3.05, 3.63) is 23.8 Å². The number of phenolic OH excluding ortho intramolecular Hbond substituents is 1. The number of phenols is 1. The molecule has 0 aliphatic carbocycles. The Balaban J connectivity index is 2.88. The van der Waals surface area contributed by atoms with Crippen LogP contribution in [0.5, 0.6) is 11.5 Å². The maximum Gasteiger partial charge on any atom is 0.328 e. The molecule has 6 heteroatoms. The summed E-state index contributed by atoms with van der Waals surface area (Å²) in [5.41, 5.74) is 0.0325. The fraction of sp³-hybridized carbons (Fsp3) is 0.333. The molecule has 1 atom stereocenters. The van der Waals surface area contributed by atoms with E-state index in [1.54, 1.807) is 6.07 Å². The summed E-state index contributed by atoms with van der Waals surface area (Å²) >= 11 is 0. The SMILES string of the molecule is COC(=O)C(C)NC(=O)c1cccc(OC)c1O. The van der Waals surface area contributed by atoms with E-state index in [4.69, 9.17) is 4.74 Å². The highest BCUT2D eigenvalue weighted by Gasteiger charge is 2.20. The summed E-state index contributed by atoms with van der Waals surface area (Å²) < 4.78 is 9.37. The predicted molar refractivity (Wildman–Crippen MR) is 63.6 cm³/mol. The Labute approximate surface area is 105 Å². The second-order valence-corrected chi connectivity index (χ2v) is 3.57. The number of aromatic hydroxyl groups is 1. The molecule has 0 aromatic heterocycles. The van der Waals surface area contributed by atoms with Gasteiger partial charge in [-0.15, -0.1) is 0 Å². The molecular weight excluding hydrogens is 238 g/mol. The van der Waals surface area contributed by atoms with Crippen LogP contribution >= 0.6 is 0 Å². The van der Waals surface area contributed by atoms with Crippen LogP contribution in [-0.4, -0.2) is 37.2 Å². The van der Waals surface area contributed by atoms with E-state index in [1.807, 2.05) is 0 Å². The number of esters is 1. The lowest BCUT2D eigenvalue weighted by atomic mass is 10.1. The fourth-order valence-electron chi connectivity index (χ4n) is 1.38. The smallest absolute Gasteiger partial charge is 0.328 e. The van der Waals surface area contributed by atoms with Crippen LogP contribution in [0.25, 0.3) is 0 Å². The van der Waals surface area contributed by atoms with Crippen molar-refractivity contribution in [1.82, 2.24) is 5.32 Å². The van der Waals surface area contributed by atoms with Crippen molar-refractivity contribution < 1.29 is 24.2 Å². The lowest BCUT2D eigenvalue weighted by Crippen LogP contribution is -2.39. The van der Waals surface area contributed by atoms with E-state index in [0.29, 0.717) is 0 Å². The first-order valence-electron chi connectivity index (χ1n) is 5.26. The van der Waals surface area contributed by atoms with Crippen molar-refractivity contribution in [3.63, 3.8) is 0 Å². The minimum atomic E-state index is -0.798. The zero-order valence-corrected chi connectivity index (χ0v) is 10.4. The molecule has 18 heavy (non-hydrogen) atoms. The number of carbonyl (C=O) groups excluding carboxylic acids is 2. The Bertz CT molecular complexity index is 458. The third-order valence-electron chi connectivity index (χ3n) is 2.37. The van der Waals surface area contributed by atoms with Crippen molar-refractivity contribution in [3.8, 4) is 11.5 Å². The van der Waals surface area contributed by atoms with Gasteiger partial charge in [-0.3, -0.25) is 4.79 Å². The maximum absolute atomic E-state index is 11.8. The minimum absolute atomic E-state index is 0.0325. The predicted octanol–water partition coefficient (Wildman–Crippen LogP) is 0.692. The van der Waals surface area contributed by atoms with E-state index in [1.165, 1.54) is 33.3 Å². The molecule has 1 aromatic rings. The largest absolute Gasteiger partial charge is 0.504 e. The summed E-state index contributed by atoms with van der Waals surface area (Å²) in [5, 5.41) is 12.2. The minimum Gasteiger partial charge on any atom is -0.504 e. The molecule has 0 saturated carbocycles. The topological polar surface area (TPSA) is 84.9 Å². The van der Waals surface area contributed by atoms with Crippen molar-refractivity contribution in [2.45, 2.75) is 13.0 Å². The molecule has 2 N–H and O–H groups in total. The van der Waals surface area contributed by atoms with Crippen molar-refractivity contribution in [2.24, 2.45) is 0 Å². The lowest BCUT2D eigenvalue weighted by molar-refractivity contribution is -0.142. The Morgan fingerprint density at radius 1 is 1.33 bits per heavy atom. The number of hydrogen-bond donors (Lipinski definition) is 2. The lowest BCUT2D eigenvalue weighted by Gasteiger charge is -2.13. The van der Waals surface area contributed by atoms with E-state index in [9.17, 15) is 14.7 Å².